The number of hydrogen-bond acceptors (Lipinski definition) is 3. The molecule has 5 nitrogen and oxygen atoms in total. The summed E-state index contributed by atoms with van der Waals surface area (Å²) in [5.41, 5.74) is 8.17. The molecule has 20 heavy (non-hydrogen) atoms. The topological polar surface area (TPSA) is 65.4 Å². The molecule has 5 heteroatoms. The summed E-state index contributed by atoms with van der Waals surface area (Å²) in [7, 11) is 2.09. The number of carbonyl (C=O) groups excluding carboxylic acids is 1. The van der Waals surface area contributed by atoms with Gasteiger partial charge in [0.2, 0.25) is 0 Å². The molecule has 1 amide bonds. The number of likely N-dealkylation sites (N-methyl/N-ethyl adjacent to an activating group) is 1. The zero-order valence-electron chi connectivity index (χ0n) is 11.9. The predicted octanol–water partition coefficient (Wildman–Crippen LogP) is 1.53. The Kier molecular flexibility index (Phi) is 3.14. The van der Waals surface area contributed by atoms with Crippen molar-refractivity contribution < 1.29 is 4.79 Å². The Morgan fingerprint density at radius 3 is 2.95 bits per heavy atom. The fraction of sp³-hybridized carbons (Fsp3) is 0.400. The minimum atomic E-state index is 0.0856. The van der Waals surface area contributed by atoms with Gasteiger partial charge in [0, 0.05) is 48.5 Å². The Hall–Kier alpha value is -2.01. The standard InChI is InChI=1S/C15H20N4O/c1-10-9-18(2)5-6-19(10)15(20)13-8-17-14-4-3-11(16)7-12(13)14/h3-4,7-8,10,17H,5-6,9,16H2,1-2H3. The summed E-state index contributed by atoms with van der Waals surface area (Å²) >= 11 is 0. The molecule has 1 aromatic heterocycles. The van der Waals surface area contributed by atoms with Crippen LogP contribution >= 0.6 is 0 Å². The first kappa shape index (κ1) is 13.0. The van der Waals surface area contributed by atoms with Crippen molar-refractivity contribution in [2.75, 3.05) is 32.4 Å². The molecule has 1 saturated heterocycles. The number of fused-ring (bicyclic) bond motifs is 1. The molecule has 0 aliphatic carbocycles. The van der Waals surface area contributed by atoms with E-state index in [1.165, 1.54) is 0 Å². The van der Waals surface area contributed by atoms with Crippen LogP contribution in [-0.4, -0.2) is 53.4 Å². The van der Waals surface area contributed by atoms with Crippen molar-refractivity contribution in [2.45, 2.75) is 13.0 Å². The Balaban J connectivity index is 1.94. The summed E-state index contributed by atoms with van der Waals surface area (Å²) in [6.07, 6.45) is 1.79. The van der Waals surface area contributed by atoms with E-state index in [-0.39, 0.29) is 11.9 Å². The molecule has 1 aliphatic heterocycles. The van der Waals surface area contributed by atoms with Gasteiger partial charge in [-0.05, 0) is 32.2 Å². The quantitative estimate of drug-likeness (QED) is 0.774. The fourth-order valence-corrected chi connectivity index (χ4v) is 2.91. The maximum atomic E-state index is 12.7. The first-order chi connectivity index (χ1) is 9.56. The Morgan fingerprint density at radius 2 is 2.20 bits per heavy atom. The molecule has 2 aromatic rings. The third-order valence-corrected chi connectivity index (χ3v) is 4.03. The first-order valence-corrected chi connectivity index (χ1v) is 6.92. The van der Waals surface area contributed by atoms with Crippen molar-refractivity contribution in [3.05, 3.63) is 30.0 Å². The molecule has 1 fully saturated rings. The smallest absolute Gasteiger partial charge is 0.256 e. The third-order valence-electron chi connectivity index (χ3n) is 4.03. The van der Waals surface area contributed by atoms with Gasteiger partial charge in [-0.2, -0.15) is 0 Å². The molecule has 3 rings (SSSR count). The minimum absolute atomic E-state index is 0.0856. The van der Waals surface area contributed by atoms with Crippen LogP contribution in [-0.2, 0) is 0 Å². The lowest BCUT2D eigenvalue weighted by atomic mass is 10.1. The molecule has 0 saturated carbocycles. The van der Waals surface area contributed by atoms with Gasteiger partial charge in [-0.15, -0.1) is 0 Å². The van der Waals surface area contributed by atoms with E-state index in [0.717, 1.165) is 30.5 Å². The number of nitrogens with one attached hydrogen (secondary N) is 1. The van der Waals surface area contributed by atoms with Crippen LogP contribution in [0.5, 0.6) is 0 Å². The normalized spacial score (nSPS) is 20.5. The summed E-state index contributed by atoms with van der Waals surface area (Å²) in [5.74, 6) is 0.0856. The summed E-state index contributed by atoms with van der Waals surface area (Å²) in [5, 5.41) is 0.904. The van der Waals surface area contributed by atoms with Crippen molar-refractivity contribution in [3.8, 4) is 0 Å². The lowest BCUT2D eigenvalue weighted by molar-refractivity contribution is 0.0535. The number of aromatic nitrogens is 1. The predicted molar refractivity (Wildman–Crippen MR) is 80.7 cm³/mol. The summed E-state index contributed by atoms with van der Waals surface area (Å²) in [6.45, 7) is 4.69. The lowest BCUT2D eigenvalue weighted by Crippen LogP contribution is -2.52. The van der Waals surface area contributed by atoms with Crippen LogP contribution in [0, 0.1) is 0 Å². The van der Waals surface area contributed by atoms with Gasteiger partial charge in [0.1, 0.15) is 0 Å². The number of carbonyl (C=O) groups is 1. The molecule has 1 aromatic carbocycles. The van der Waals surface area contributed by atoms with Crippen LogP contribution < -0.4 is 5.73 Å². The second kappa shape index (κ2) is 4.83. The van der Waals surface area contributed by atoms with E-state index in [4.69, 9.17) is 5.73 Å². The fourth-order valence-electron chi connectivity index (χ4n) is 2.91. The molecule has 1 aliphatic rings. The Labute approximate surface area is 118 Å². The summed E-state index contributed by atoms with van der Waals surface area (Å²) in [6, 6.07) is 5.84. The van der Waals surface area contributed by atoms with Crippen LogP contribution in [0.4, 0.5) is 5.69 Å². The average molecular weight is 272 g/mol. The molecule has 3 N–H and O–H groups in total. The van der Waals surface area contributed by atoms with Gasteiger partial charge in [0.05, 0.1) is 5.56 Å². The lowest BCUT2D eigenvalue weighted by Gasteiger charge is -2.38. The van der Waals surface area contributed by atoms with Gasteiger partial charge in [-0.25, -0.2) is 0 Å². The second-order valence-corrected chi connectivity index (χ2v) is 5.62. The van der Waals surface area contributed by atoms with Gasteiger partial charge in [-0.3, -0.25) is 4.79 Å². The molecule has 106 valence electrons. The number of nitrogens with two attached hydrogens (primary N) is 1. The number of H-pyrrole nitrogens is 1. The van der Waals surface area contributed by atoms with Crippen LogP contribution in [0.2, 0.25) is 0 Å². The van der Waals surface area contributed by atoms with Gasteiger partial charge in [0.15, 0.2) is 0 Å². The highest BCUT2D eigenvalue weighted by Gasteiger charge is 2.27. The van der Waals surface area contributed by atoms with Gasteiger partial charge < -0.3 is 20.5 Å². The van der Waals surface area contributed by atoms with Crippen molar-refractivity contribution >= 4 is 22.5 Å². The first-order valence-electron chi connectivity index (χ1n) is 6.92. The molecule has 2 heterocycles. The van der Waals surface area contributed by atoms with E-state index in [2.05, 4.69) is 23.9 Å². The number of nitrogens with zero attached hydrogens (tertiary/aromatic N) is 2. The molecular weight excluding hydrogens is 252 g/mol. The number of anilines is 1. The van der Waals surface area contributed by atoms with E-state index in [1.54, 1.807) is 6.20 Å². The number of hydrogen-bond donors (Lipinski definition) is 2. The van der Waals surface area contributed by atoms with Gasteiger partial charge in [0.25, 0.3) is 5.91 Å². The highest BCUT2D eigenvalue weighted by Crippen LogP contribution is 2.23. The van der Waals surface area contributed by atoms with Crippen molar-refractivity contribution in [1.82, 2.24) is 14.8 Å². The summed E-state index contributed by atoms with van der Waals surface area (Å²) in [4.78, 5) is 20.1. The molecule has 0 radical (unpaired) electrons. The molecule has 0 spiro atoms. The van der Waals surface area contributed by atoms with E-state index in [0.29, 0.717) is 11.3 Å². The number of benzene rings is 1. The zero-order valence-corrected chi connectivity index (χ0v) is 11.9. The number of piperazine rings is 1. The monoisotopic (exact) mass is 272 g/mol. The van der Waals surface area contributed by atoms with Crippen LogP contribution in [0.3, 0.4) is 0 Å². The molecule has 1 atom stereocenters. The maximum absolute atomic E-state index is 12.7. The maximum Gasteiger partial charge on any atom is 0.256 e. The van der Waals surface area contributed by atoms with E-state index < -0.39 is 0 Å². The van der Waals surface area contributed by atoms with E-state index in [1.807, 2.05) is 23.1 Å². The average Bonchev–Trinajstić information content (AvgIpc) is 2.81. The van der Waals surface area contributed by atoms with Crippen molar-refractivity contribution in [3.63, 3.8) is 0 Å². The largest absolute Gasteiger partial charge is 0.399 e. The molecule has 1 unspecified atom stereocenters. The van der Waals surface area contributed by atoms with Crippen molar-refractivity contribution in [2.24, 2.45) is 0 Å². The number of aromatic amines is 1. The van der Waals surface area contributed by atoms with Crippen LogP contribution in [0.15, 0.2) is 24.4 Å². The number of nitrogen functional groups attached to an aromatic ring is 1. The Bertz CT molecular complexity index is 648. The number of amides is 1. The highest BCUT2D eigenvalue weighted by atomic mass is 16.2. The summed E-state index contributed by atoms with van der Waals surface area (Å²) < 4.78 is 0. The number of rotatable bonds is 1. The van der Waals surface area contributed by atoms with Gasteiger partial charge >= 0.3 is 0 Å². The minimum Gasteiger partial charge on any atom is -0.399 e. The third kappa shape index (κ3) is 2.14. The van der Waals surface area contributed by atoms with Crippen LogP contribution in [0.25, 0.3) is 10.9 Å². The van der Waals surface area contributed by atoms with Crippen LogP contribution in [0.1, 0.15) is 17.3 Å². The van der Waals surface area contributed by atoms with Gasteiger partial charge in [-0.1, -0.05) is 0 Å². The second-order valence-electron chi connectivity index (χ2n) is 5.62. The van der Waals surface area contributed by atoms with Crippen molar-refractivity contribution in [1.29, 1.82) is 0 Å². The molecule has 0 bridgehead atoms. The highest BCUT2D eigenvalue weighted by molar-refractivity contribution is 6.07. The zero-order chi connectivity index (χ0) is 14.3. The van der Waals surface area contributed by atoms with E-state index in [9.17, 15) is 4.79 Å². The van der Waals surface area contributed by atoms with E-state index >= 15 is 0 Å². The molecular formula is C15H20N4O. The SMILES string of the molecule is CC1CN(C)CCN1C(=O)c1c[nH]c2ccc(N)cc12. The Morgan fingerprint density at radius 1 is 1.40 bits per heavy atom.